The van der Waals surface area contributed by atoms with E-state index in [1.807, 2.05) is 0 Å². The quantitative estimate of drug-likeness (QED) is 0.595. The standard InChI is InChI=1S/C12H22O2/c1-10-6-4-8-12(13-10)9-5-7-11(2,3)14-12/h10H,4-9H2,1-3H3/t10?,12-/m0/s1. The van der Waals surface area contributed by atoms with Crippen LogP contribution in [0.1, 0.15) is 59.3 Å². The van der Waals surface area contributed by atoms with Crippen molar-refractivity contribution in [3.8, 4) is 0 Å². The Bertz CT molecular complexity index is 208. The molecule has 0 radical (unpaired) electrons. The second-order valence-corrected chi connectivity index (χ2v) is 5.45. The molecule has 2 fully saturated rings. The maximum absolute atomic E-state index is 6.15. The lowest BCUT2D eigenvalue weighted by Crippen LogP contribution is -2.50. The van der Waals surface area contributed by atoms with Gasteiger partial charge in [-0.05, 0) is 46.5 Å². The number of rotatable bonds is 0. The zero-order valence-electron chi connectivity index (χ0n) is 9.64. The third-order valence-corrected chi connectivity index (χ3v) is 3.38. The molecule has 2 atom stereocenters. The summed E-state index contributed by atoms with van der Waals surface area (Å²) >= 11 is 0. The molecule has 14 heavy (non-hydrogen) atoms. The van der Waals surface area contributed by atoms with Crippen molar-refractivity contribution in [2.45, 2.75) is 76.8 Å². The first-order valence-corrected chi connectivity index (χ1v) is 5.89. The normalized spacial score (nSPS) is 42.6. The van der Waals surface area contributed by atoms with E-state index in [0.29, 0.717) is 6.10 Å². The molecule has 0 saturated carbocycles. The zero-order chi connectivity index (χ0) is 10.2. The van der Waals surface area contributed by atoms with Crippen LogP contribution in [-0.2, 0) is 9.47 Å². The van der Waals surface area contributed by atoms with Gasteiger partial charge in [-0.1, -0.05) is 0 Å². The van der Waals surface area contributed by atoms with E-state index in [4.69, 9.17) is 9.47 Å². The van der Waals surface area contributed by atoms with Gasteiger partial charge in [0, 0.05) is 12.8 Å². The Kier molecular flexibility index (Phi) is 2.61. The summed E-state index contributed by atoms with van der Waals surface area (Å²) in [6.45, 7) is 6.51. The topological polar surface area (TPSA) is 18.5 Å². The second kappa shape index (κ2) is 3.49. The summed E-state index contributed by atoms with van der Waals surface area (Å²) in [7, 11) is 0. The molecule has 2 aliphatic heterocycles. The Morgan fingerprint density at radius 3 is 2.43 bits per heavy atom. The van der Waals surface area contributed by atoms with Crippen LogP contribution < -0.4 is 0 Å². The van der Waals surface area contributed by atoms with Gasteiger partial charge in [-0.3, -0.25) is 0 Å². The molecule has 0 aromatic heterocycles. The number of hydrogen-bond donors (Lipinski definition) is 0. The van der Waals surface area contributed by atoms with Crippen molar-refractivity contribution in [3.63, 3.8) is 0 Å². The molecule has 1 unspecified atom stereocenters. The summed E-state index contributed by atoms with van der Waals surface area (Å²) < 4.78 is 12.2. The second-order valence-electron chi connectivity index (χ2n) is 5.45. The minimum Gasteiger partial charge on any atom is -0.347 e. The van der Waals surface area contributed by atoms with Crippen LogP contribution in [0, 0.1) is 0 Å². The Morgan fingerprint density at radius 1 is 1.07 bits per heavy atom. The predicted molar refractivity (Wildman–Crippen MR) is 56.1 cm³/mol. The van der Waals surface area contributed by atoms with Crippen molar-refractivity contribution in [1.29, 1.82) is 0 Å². The average molecular weight is 198 g/mol. The van der Waals surface area contributed by atoms with E-state index in [-0.39, 0.29) is 11.4 Å². The van der Waals surface area contributed by atoms with Crippen LogP contribution in [0.3, 0.4) is 0 Å². The third kappa shape index (κ3) is 2.12. The van der Waals surface area contributed by atoms with Crippen LogP contribution in [-0.4, -0.2) is 17.5 Å². The zero-order valence-corrected chi connectivity index (χ0v) is 9.64. The fraction of sp³-hybridized carbons (Fsp3) is 1.00. The van der Waals surface area contributed by atoms with Gasteiger partial charge in [0.15, 0.2) is 5.79 Å². The van der Waals surface area contributed by atoms with Crippen molar-refractivity contribution in [2.75, 3.05) is 0 Å². The Balaban J connectivity index is 2.06. The van der Waals surface area contributed by atoms with Crippen LogP contribution in [0.2, 0.25) is 0 Å². The molecular formula is C12H22O2. The summed E-state index contributed by atoms with van der Waals surface area (Å²) in [4.78, 5) is 0. The van der Waals surface area contributed by atoms with Gasteiger partial charge in [0.2, 0.25) is 0 Å². The lowest BCUT2D eigenvalue weighted by Gasteiger charge is -2.48. The third-order valence-electron chi connectivity index (χ3n) is 3.38. The van der Waals surface area contributed by atoms with Crippen LogP contribution in [0.15, 0.2) is 0 Å². The van der Waals surface area contributed by atoms with Gasteiger partial charge in [-0.25, -0.2) is 0 Å². The minimum atomic E-state index is -0.237. The summed E-state index contributed by atoms with van der Waals surface area (Å²) in [6.07, 6.45) is 7.37. The van der Waals surface area contributed by atoms with E-state index in [1.54, 1.807) is 0 Å². The molecule has 2 heterocycles. The average Bonchev–Trinajstić information content (AvgIpc) is 2.00. The highest BCUT2D eigenvalue weighted by atomic mass is 16.7. The highest BCUT2D eigenvalue weighted by Gasteiger charge is 2.44. The van der Waals surface area contributed by atoms with Gasteiger partial charge in [0.1, 0.15) is 0 Å². The Labute approximate surface area is 87.0 Å². The molecule has 0 N–H and O–H groups in total. The first-order valence-electron chi connectivity index (χ1n) is 5.89. The van der Waals surface area contributed by atoms with Crippen molar-refractivity contribution in [2.24, 2.45) is 0 Å². The van der Waals surface area contributed by atoms with E-state index in [1.165, 1.54) is 19.3 Å². The maximum Gasteiger partial charge on any atom is 0.169 e. The summed E-state index contributed by atoms with van der Waals surface area (Å²) in [5, 5.41) is 0. The fourth-order valence-electron chi connectivity index (χ4n) is 2.79. The van der Waals surface area contributed by atoms with E-state index in [2.05, 4.69) is 20.8 Å². The molecule has 0 bridgehead atoms. The van der Waals surface area contributed by atoms with E-state index in [9.17, 15) is 0 Å². The molecule has 0 amide bonds. The predicted octanol–water partition coefficient (Wildman–Crippen LogP) is 3.25. The fourth-order valence-corrected chi connectivity index (χ4v) is 2.79. The first-order chi connectivity index (χ1) is 6.52. The molecule has 0 aromatic rings. The van der Waals surface area contributed by atoms with Crippen molar-refractivity contribution in [1.82, 2.24) is 0 Å². The molecule has 2 saturated heterocycles. The van der Waals surface area contributed by atoms with Crippen molar-refractivity contribution < 1.29 is 9.47 Å². The number of ether oxygens (including phenoxy) is 2. The van der Waals surface area contributed by atoms with Gasteiger partial charge in [0.25, 0.3) is 0 Å². The van der Waals surface area contributed by atoms with Gasteiger partial charge in [0.05, 0.1) is 11.7 Å². The van der Waals surface area contributed by atoms with Crippen LogP contribution in [0.25, 0.3) is 0 Å². The van der Waals surface area contributed by atoms with Crippen LogP contribution in [0.5, 0.6) is 0 Å². The monoisotopic (exact) mass is 198 g/mol. The molecule has 2 aliphatic rings. The molecule has 0 aromatic carbocycles. The SMILES string of the molecule is CC1CCC[C@]2(CCCC(C)(C)O2)O1. The van der Waals surface area contributed by atoms with Crippen molar-refractivity contribution >= 4 is 0 Å². The molecular weight excluding hydrogens is 176 g/mol. The van der Waals surface area contributed by atoms with Gasteiger partial charge < -0.3 is 9.47 Å². The summed E-state index contributed by atoms with van der Waals surface area (Å²) in [6, 6.07) is 0. The molecule has 0 aliphatic carbocycles. The van der Waals surface area contributed by atoms with Crippen LogP contribution >= 0.6 is 0 Å². The van der Waals surface area contributed by atoms with E-state index >= 15 is 0 Å². The number of hydrogen-bond acceptors (Lipinski definition) is 2. The van der Waals surface area contributed by atoms with Gasteiger partial charge >= 0.3 is 0 Å². The molecule has 1 spiro atoms. The van der Waals surface area contributed by atoms with E-state index in [0.717, 1.165) is 19.3 Å². The van der Waals surface area contributed by atoms with E-state index < -0.39 is 0 Å². The summed E-state index contributed by atoms with van der Waals surface area (Å²) in [5.41, 5.74) is 0.00924. The smallest absolute Gasteiger partial charge is 0.169 e. The maximum atomic E-state index is 6.15. The lowest BCUT2D eigenvalue weighted by molar-refractivity contribution is -0.332. The van der Waals surface area contributed by atoms with Gasteiger partial charge in [-0.2, -0.15) is 0 Å². The first kappa shape index (κ1) is 10.4. The Hall–Kier alpha value is -0.0800. The molecule has 82 valence electrons. The van der Waals surface area contributed by atoms with Crippen LogP contribution in [0.4, 0.5) is 0 Å². The largest absolute Gasteiger partial charge is 0.347 e. The Morgan fingerprint density at radius 2 is 1.79 bits per heavy atom. The lowest BCUT2D eigenvalue weighted by atomic mass is 9.89. The molecule has 2 heteroatoms. The molecule has 2 rings (SSSR count). The highest BCUT2D eigenvalue weighted by molar-refractivity contribution is 4.86. The molecule has 2 nitrogen and oxygen atoms in total. The van der Waals surface area contributed by atoms with Gasteiger partial charge in [-0.15, -0.1) is 0 Å². The highest BCUT2D eigenvalue weighted by Crippen LogP contribution is 2.42. The summed E-state index contributed by atoms with van der Waals surface area (Å²) in [5.74, 6) is -0.237. The van der Waals surface area contributed by atoms with Crippen molar-refractivity contribution in [3.05, 3.63) is 0 Å². The minimum absolute atomic E-state index is 0.00924.